The summed E-state index contributed by atoms with van der Waals surface area (Å²) in [5, 5.41) is 17.4. The second-order valence-electron chi connectivity index (χ2n) is 10.2. The number of alkyl halides is 3. The highest BCUT2D eigenvalue weighted by atomic mass is 32.2. The van der Waals surface area contributed by atoms with E-state index in [0.29, 0.717) is 13.0 Å². The third-order valence-electron chi connectivity index (χ3n) is 6.75. The van der Waals surface area contributed by atoms with Crippen LogP contribution >= 0.6 is 0 Å². The highest BCUT2D eigenvalue weighted by Gasteiger charge is 2.42. The first-order valence-electron chi connectivity index (χ1n) is 12.3. The molecule has 0 aromatic rings. The lowest BCUT2D eigenvalue weighted by Crippen LogP contribution is -2.55. The van der Waals surface area contributed by atoms with Gasteiger partial charge in [0.25, 0.3) is 10.1 Å². The number of hydrogen-bond acceptors (Lipinski definition) is 7. The summed E-state index contributed by atoms with van der Waals surface area (Å²) in [4.78, 5) is 37.3. The molecule has 0 radical (unpaired) electrons. The fourth-order valence-corrected chi connectivity index (χ4v) is 5.25. The van der Waals surface area contributed by atoms with Gasteiger partial charge < -0.3 is 25.8 Å². The third kappa shape index (κ3) is 9.93. The molecule has 2 aliphatic rings. The van der Waals surface area contributed by atoms with Gasteiger partial charge in [0.1, 0.15) is 6.04 Å². The minimum Gasteiger partial charge on any atom is -0.449 e. The van der Waals surface area contributed by atoms with Gasteiger partial charge in [-0.1, -0.05) is 13.8 Å². The second-order valence-corrected chi connectivity index (χ2v) is 11.7. The highest BCUT2D eigenvalue weighted by Crippen LogP contribution is 2.39. The Kier molecular flexibility index (Phi) is 11.0. The predicted octanol–water partition coefficient (Wildman–Crippen LogP) is 1.71. The van der Waals surface area contributed by atoms with Gasteiger partial charge in [-0.2, -0.15) is 21.6 Å². The zero-order valence-corrected chi connectivity index (χ0v) is 21.6. The molecule has 0 spiro atoms. The molecule has 5 N–H and O–H groups in total. The summed E-state index contributed by atoms with van der Waals surface area (Å²) in [5.74, 6) is -3.66. The Hall–Kier alpha value is -2.13. The van der Waals surface area contributed by atoms with E-state index in [0.717, 1.165) is 0 Å². The minimum absolute atomic E-state index is 0.0476. The van der Waals surface area contributed by atoms with Crippen LogP contribution in [0.1, 0.15) is 58.8 Å². The van der Waals surface area contributed by atoms with Crippen molar-refractivity contribution in [2.75, 3.05) is 13.2 Å². The van der Waals surface area contributed by atoms with E-state index in [1.807, 2.05) is 0 Å². The zero-order chi connectivity index (χ0) is 28.0. The van der Waals surface area contributed by atoms with E-state index in [1.54, 1.807) is 13.8 Å². The van der Waals surface area contributed by atoms with E-state index in [1.165, 1.54) is 0 Å². The number of amides is 3. The maximum absolute atomic E-state index is 13.0. The van der Waals surface area contributed by atoms with Crippen LogP contribution in [0.15, 0.2) is 0 Å². The van der Waals surface area contributed by atoms with E-state index in [-0.39, 0.29) is 62.9 Å². The Bertz CT molecular complexity index is 907. The fourth-order valence-electron chi connectivity index (χ4n) is 4.65. The van der Waals surface area contributed by atoms with Gasteiger partial charge in [0.05, 0.1) is 18.6 Å². The number of rotatable bonds is 11. The van der Waals surface area contributed by atoms with Crippen LogP contribution in [0.5, 0.6) is 0 Å². The predicted molar refractivity (Wildman–Crippen MR) is 124 cm³/mol. The summed E-state index contributed by atoms with van der Waals surface area (Å²) in [6.07, 6.45) is -4.64. The monoisotopic (exact) mass is 559 g/mol. The van der Waals surface area contributed by atoms with Crippen molar-refractivity contribution < 1.29 is 50.4 Å². The third-order valence-corrected chi connectivity index (χ3v) is 7.69. The number of carbonyl (C=O) groups excluding carboxylic acids is 3. The van der Waals surface area contributed by atoms with E-state index in [2.05, 4.69) is 16.0 Å². The standard InChI is InChI=1S/C22H36F3N3O8S/c1-12(2)9-16(28-21(32)36-11-13-3-5-15(6-4-13)22(23,24)25)19(30)27-17(20(31)37(33,34)35)10-14-7-8-26-18(14)29/h12-17,20,31H,3-11H2,1-2H3,(H,26,29)(H,27,30)(H,28,32)(H,33,34,35)/t13?,14?,15?,16-,17-,20?/m0/s1. The fraction of sp³-hybridized carbons (Fsp3) is 0.864. The van der Waals surface area contributed by atoms with E-state index >= 15 is 0 Å². The summed E-state index contributed by atoms with van der Waals surface area (Å²) in [7, 11) is -4.99. The van der Waals surface area contributed by atoms with Gasteiger partial charge in [-0.25, -0.2) is 4.79 Å². The van der Waals surface area contributed by atoms with E-state index in [4.69, 9.17) is 4.74 Å². The maximum atomic E-state index is 13.0. The molecule has 1 saturated carbocycles. The summed E-state index contributed by atoms with van der Waals surface area (Å²) in [6.45, 7) is 3.75. The van der Waals surface area contributed by atoms with Gasteiger partial charge in [-0.3, -0.25) is 14.1 Å². The number of halogens is 3. The van der Waals surface area contributed by atoms with Gasteiger partial charge in [0.2, 0.25) is 17.3 Å². The first kappa shape index (κ1) is 31.1. The highest BCUT2D eigenvalue weighted by molar-refractivity contribution is 7.86. The summed E-state index contributed by atoms with van der Waals surface area (Å²) >= 11 is 0. The zero-order valence-electron chi connectivity index (χ0n) is 20.8. The van der Waals surface area contributed by atoms with Crippen molar-refractivity contribution in [3.8, 4) is 0 Å². The quantitative estimate of drug-likeness (QED) is 0.238. The first-order chi connectivity index (χ1) is 17.1. The molecule has 0 aromatic carbocycles. The SMILES string of the molecule is CC(C)C[C@H](NC(=O)OCC1CCC(C(F)(F)F)CC1)C(=O)N[C@@H](CC1CCNC1=O)C(O)S(=O)(=O)O. The van der Waals surface area contributed by atoms with Crippen LogP contribution in [-0.2, 0) is 24.4 Å². The number of carbonyl (C=O) groups is 3. The Morgan fingerprint density at radius 1 is 1.14 bits per heavy atom. The van der Waals surface area contributed by atoms with Gasteiger partial charge >= 0.3 is 12.3 Å². The van der Waals surface area contributed by atoms with Crippen molar-refractivity contribution in [2.45, 2.75) is 82.5 Å². The lowest BCUT2D eigenvalue weighted by molar-refractivity contribution is -0.184. The number of nitrogens with one attached hydrogen (secondary N) is 3. The molecule has 3 amide bonds. The largest absolute Gasteiger partial charge is 0.449 e. The molecular formula is C22H36F3N3O8S. The van der Waals surface area contributed by atoms with Crippen LogP contribution < -0.4 is 16.0 Å². The summed E-state index contributed by atoms with van der Waals surface area (Å²) in [5.41, 5.74) is -2.40. The van der Waals surface area contributed by atoms with Crippen LogP contribution in [0, 0.1) is 23.7 Å². The lowest BCUT2D eigenvalue weighted by Gasteiger charge is -2.30. The molecule has 0 bridgehead atoms. The molecule has 2 rings (SSSR count). The van der Waals surface area contributed by atoms with Crippen LogP contribution in [0.3, 0.4) is 0 Å². The van der Waals surface area contributed by atoms with Crippen LogP contribution in [0.25, 0.3) is 0 Å². The Morgan fingerprint density at radius 2 is 1.76 bits per heavy atom. The molecule has 0 aromatic heterocycles. The maximum Gasteiger partial charge on any atom is 0.407 e. The van der Waals surface area contributed by atoms with Crippen molar-refractivity contribution in [2.24, 2.45) is 23.7 Å². The van der Waals surface area contributed by atoms with Crippen molar-refractivity contribution >= 4 is 28.0 Å². The van der Waals surface area contributed by atoms with E-state index < -0.39 is 57.7 Å². The molecule has 214 valence electrons. The topological polar surface area (TPSA) is 171 Å². The molecular weight excluding hydrogens is 523 g/mol. The van der Waals surface area contributed by atoms with E-state index in [9.17, 15) is 45.6 Å². The normalized spacial score (nSPS) is 25.2. The smallest absolute Gasteiger partial charge is 0.407 e. The summed E-state index contributed by atoms with van der Waals surface area (Å²) in [6, 6.07) is -2.74. The molecule has 1 aliphatic heterocycles. The van der Waals surface area contributed by atoms with Crippen LogP contribution in [0.4, 0.5) is 18.0 Å². The average Bonchev–Trinajstić information content (AvgIpc) is 3.19. The second kappa shape index (κ2) is 13.1. The number of hydrogen-bond donors (Lipinski definition) is 5. The Morgan fingerprint density at radius 3 is 2.24 bits per heavy atom. The van der Waals surface area contributed by atoms with Crippen LogP contribution in [0.2, 0.25) is 0 Å². The molecule has 2 unspecified atom stereocenters. The first-order valence-corrected chi connectivity index (χ1v) is 13.8. The van der Waals surface area contributed by atoms with Gasteiger partial charge in [-0.15, -0.1) is 0 Å². The molecule has 37 heavy (non-hydrogen) atoms. The average molecular weight is 560 g/mol. The molecule has 15 heteroatoms. The minimum atomic E-state index is -4.99. The number of alkyl carbamates (subject to hydrolysis) is 1. The molecule has 11 nitrogen and oxygen atoms in total. The molecule has 1 aliphatic carbocycles. The van der Waals surface area contributed by atoms with Crippen molar-refractivity contribution in [3.63, 3.8) is 0 Å². The van der Waals surface area contributed by atoms with Crippen molar-refractivity contribution in [1.82, 2.24) is 16.0 Å². The van der Waals surface area contributed by atoms with Gasteiger partial charge in [-0.05, 0) is 56.8 Å². The van der Waals surface area contributed by atoms with Gasteiger partial charge in [0.15, 0.2) is 0 Å². The molecule has 4 atom stereocenters. The summed E-state index contributed by atoms with van der Waals surface area (Å²) < 4.78 is 76.0. The Labute approximate surface area is 214 Å². The van der Waals surface area contributed by atoms with Gasteiger partial charge in [0, 0.05) is 12.5 Å². The lowest BCUT2D eigenvalue weighted by atomic mass is 9.82. The number of aliphatic hydroxyl groups is 1. The van der Waals surface area contributed by atoms with Crippen LogP contribution in [-0.4, -0.2) is 72.8 Å². The molecule has 1 heterocycles. The number of ether oxygens (including phenoxy) is 1. The number of aliphatic hydroxyl groups excluding tert-OH is 1. The van der Waals surface area contributed by atoms with Crippen molar-refractivity contribution in [3.05, 3.63) is 0 Å². The van der Waals surface area contributed by atoms with Crippen molar-refractivity contribution in [1.29, 1.82) is 0 Å². The molecule has 2 fully saturated rings. The molecule has 1 saturated heterocycles. The Balaban J connectivity index is 1.98.